The third-order valence-corrected chi connectivity index (χ3v) is 4.37. The second-order valence-corrected chi connectivity index (χ2v) is 5.78. The first-order valence-electron chi connectivity index (χ1n) is 7.20. The number of carbonyl (C=O) groups excluding carboxylic acids is 1. The van der Waals surface area contributed by atoms with E-state index < -0.39 is 5.54 Å². The summed E-state index contributed by atoms with van der Waals surface area (Å²) in [5.41, 5.74) is 5.14. The summed E-state index contributed by atoms with van der Waals surface area (Å²) in [6.07, 6.45) is 3.33. The molecule has 1 saturated heterocycles. The van der Waals surface area contributed by atoms with E-state index in [4.69, 9.17) is 15.7 Å². The number of morpholine rings is 1. The lowest BCUT2D eigenvalue weighted by Gasteiger charge is -2.40. The second-order valence-electron chi connectivity index (χ2n) is 5.78. The topological polar surface area (TPSA) is 100 Å². The van der Waals surface area contributed by atoms with Crippen molar-refractivity contribution >= 4 is 11.9 Å². The molecule has 0 aromatic carbocycles. The van der Waals surface area contributed by atoms with Gasteiger partial charge in [-0.25, -0.2) is 4.79 Å². The maximum absolute atomic E-state index is 12.3. The molecule has 1 aliphatic carbocycles. The maximum atomic E-state index is 12.3. The monoisotopic (exact) mass is 284 g/mol. The van der Waals surface area contributed by atoms with E-state index >= 15 is 0 Å². The number of nitrogens with zero attached hydrogens (tertiary/aromatic N) is 2. The maximum Gasteiger partial charge on any atom is 0.318 e. The molecule has 0 atom stereocenters. The van der Waals surface area contributed by atoms with Crippen LogP contribution in [0.5, 0.6) is 0 Å². The summed E-state index contributed by atoms with van der Waals surface area (Å²) in [4.78, 5) is 14.1. The SMILES string of the molecule is CC1CCC(NC(=O)N2CCOCC2)(C(N)=NO)CC1. The number of amides is 2. The molecule has 2 fully saturated rings. The van der Waals surface area contributed by atoms with E-state index in [9.17, 15) is 4.79 Å². The molecular formula is C13H24N4O3. The van der Waals surface area contributed by atoms with Crippen LogP contribution in [0.15, 0.2) is 5.16 Å². The van der Waals surface area contributed by atoms with E-state index in [0.29, 0.717) is 45.1 Å². The first-order valence-corrected chi connectivity index (χ1v) is 7.20. The molecule has 0 unspecified atom stereocenters. The molecule has 0 radical (unpaired) electrons. The van der Waals surface area contributed by atoms with Gasteiger partial charge in [-0.2, -0.15) is 0 Å². The first-order chi connectivity index (χ1) is 9.57. The predicted octanol–water partition coefficient (Wildman–Crippen LogP) is 0.724. The van der Waals surface area contributed by atoms with Crippen LogP contribution in [0.25, 0.3) is 0 Å². The summed E-state index contributed by atoms with van der Waals surface area (Å²) in [5.74, 6) is 0.709. The Morgan fingerprint density at radius 2 is 2.00 bits per heavy atom. The predicted molar refractivity (Wildman–Crippen MR) is 74.7 cm³/mol. The number of urea groups is 1. The summed E-state index contributed by atoms with van der Waals surface area (Å²) < 4.78 is 5.24. The van der Waals surface area contributed by atoms with Crippen molar-refractivity contribution in [3.63, 3.8) is 0 Å². The van der Waals surface area contributed by atoms with Gasteiger partial charge in [-0.05, 0) is 31.6 Å². The van der Waals surface area contributed by atoms with Gasteiger partial charge in [0.25, 0.3) is 0 Å². The third-order valence-electron chi connectivity index (χ3n) is 4.37. The van der Waals surface area contributed by atoms with Gasteiger partial charge >= 0.3 is 6.03 Å². The molecule has 2 amide bonds. The fourth-order valence-corrected chi connectivity index (χ4v) is 2.85. The number of hydrogen-bond donors (Lipinski definition) is 3. The molecule has 1 heterocycles. The Bertz CT molecular complexity index is 372. The fraction of sp³-hybridized carbons (Fsp3) is 0.846. The summed E-state index contributed by atoms with van der Waals surface area (Å²) >= 11 is 0. The molecule has 0 aromatic rings. The quantitative estimate of drug-likeness (QED) is 0.301. The lowest BCUT2D eigenvalue weighted by atomic mass is 9.76. The van der Waals surface area contributed by atoms with E-state index in [-0.39, 0.29) is 11.9 Å². The van der Waals surface area contributed by atoms with E-state index in [1.807, 2.05) is 0 Å². The van der Waals surface area contributed by atoms with Crippen molar-refractivity contribution in [2.45, 2.75) is 38.1 Å². The Balaban J connectivity index is 2.06. The van der Waals surface area contributed by atoms with Gasteiger partial charge in [0.05, 0.1) is 13.2 Å². The molecule has 1 saturated carbocycles. The molecule has 0 aromatic heterocycles. The smallest absolute Gasteiger partial charge is 0.318 e. The van der Waals surface area contributed by atoms with Gasteiger partial charge in [-0.15, -0.1) is 0 Å². The lowest BCUT2D eigenvalue weighted by Crippen LogP contribution is -2.62. The standard InChI is InChI=1S/C13H24N4O3/c1-10-2-4-13(5-3-10,11(14)16-19)15-12(18)17-6-8-20-9-7-17/h10,19H,2-9H2,1H3,(H2,14,16)(H,15,18). The lowest BCUT2D eigenvalue weighted by molar-refractivity contribution is 0.0509. The minimum Gasteiger partial charge on any atom is -0.409 e. The fourth-order valence-electron chi connectivity index (χ4n) is 2.85. The van der Waals surface area contributed by atoms with Crippen LogP contribution in [0, 0.1) is 5.92 Å². The molecule has 20 heavy (non-hydrogen) atoms. The van der Waals surface area contributed by atoms with Crippen molar-refractivity contribution in [3.05, 3.63) is 0 Å². The first kappa shape index (κ1) is 14.9. The Hall–Kier alpha value is -1.50. The highest BCUT2D eigenvalue weighted by atomic mass is 16.5. The van der Waals surface area contributed by atoms with Crippen molar-refractivity contribution < 1.29 is 14.7 Å². The van der Waals surface area contributed by atoms with Crippen molar-refractivity contribution in [3.8, 4) is 0 Å². The Morgan fingerprint density at radius 1 is 1.40 bits per heavy atom. The van der Waals surface area contributed by atoms with Crippen molar-refractivity contribution in [2.24, 2.45) is 16.8 Å². The zero-order chi connectivity index (χ0) is 14.6. The highest BCUT2D eigenvalue weighted by Crippen LogP contribution is 2.32. The minimum atomic E-state index is -0.712. The largest absolute Gasteiger partial charge is 0.409 e. The summed E-state index contributed by atoms with van der Waals surface area (Å²) in [7, 11) is 0. The molecule has 114 valence electrons. The van der Waals surface area contributed by atoms with Crippen LogP contribution >= 0.6 is 0 Å². The number of nitrogens with one attached hydrogen (secondary N) is 1. The van der Waals surface area contributed by atoms with Crippen LogP contribution in [0.4, 0.5) is 4.79 Å². The Kier molecular flexibility index (Phi) is 4.69. The number of oxime groups is 1. The summed E-state index contributed by atoms with van der Waals surface area (Å²) in [6.45, 7) is 4.45. The van der Waals surface area contributed by atoms with Crippen LogP contribution in [0.2, 0.25) is 0 Å². The molecule has 2 rings (SSSR count). The molecule has 0 bridgehead atoms. The van der Waals surface area contributed by atoms with Crippen LogP contribution in [0.1, 0.15) is 32.6 Å². The average Bonchev–Trinajstić information content (AvgIpc) is 2.49. The van der Waals surface area contributed by atoms with Gasteiger partial charge in [0, 0.05) is 13.1 Å². The summed E-state index contributed by atoms with van der Waals surface area (Å²) in [5, 5.41) is 15.2. The number of carbonyl (C=O) groups is 1. The van der Waals surface area contributed by atoms with Crippen LogP contribution in [0.3, 0.4) is 0 Å². The number of amidine groups is 1. The third kappa shape index (κ3) is 3.15. The highest BCUT2D eigenvalue weighted by Gasteiger charge is 2.40. The second kappa shape index (κ2) is 6.30. The molecule has 4 N–H and O–H groups in total. The number of ether oxygens (including phenoxy) is 1. The van der Waals surface area contributed by atoms with Gasteiger partial charge in [0.15, 0.2) is 5.84 Å². The van der Waals surface area contributed by atoms with Gasteiger partial charge < -0.3 is 25.9 Å². The average molecular weight is 284 g/mol. The molecule has 7 heteroatoms. The molecule has 7 nitrogen and oxygen atoms in total. The van der Waals surface area contributed by atoms with Gasteiger partial charge in [-0.3, -0.25) is 0 Å². The molecule has 1 aliphatic heterocycles. The van der Waals surface area contributed by atoms with Gasteiger partial charge in [0.1, 0.15) is 5.54 Å². The van der Waals surface area contributed by atoms with E-state index in [1.165, 1.54) is 0 Å². The minimum absolute atomic E-state index is 0.103. The molecule has 0 spiro atoms. The van der Waals surface area contributed by atoms with Crippen LogP contribution < -0.4 is 11.1 Å². The van der Waals surface area contributed by atoms with E-state index in [1.54, 1.807) is 4.90 Å². The van der Waals surface area contributed by atoms with Crippen LogP contribution in [-0.2, 0) is 4.74 Å². The zero-order valence-electron chi connectivity index (χ0n) is 12.0. The molecule has 2 aliphatic rings. The number of hydrogen-bond acceptors (Lipinski definition) is 4. The molecular weight excluding hydrogens is 260 g/mol. The van der Waals surface area contributed by atoms with Gasteiger partial charge in [-0.1, -0.05) is 12.1 Å². The van der Waals surface area contributed by atoms with Gasteiger partial charge in [0.2, 0.25) is 0 Å². The Morgan fingerprint density at radius 3 is 2.55 bits per heavy atom. The van der Waals surface area contributed by atoms with Crippen molar-refractivity contribution in [2.75, 3.05) is 26.3 Å². The van der Waals surface area contributed by atoms with Crippen molar-refractivity contribution in [1.82, 2.24) is 10.2 Å². The summed E-state index contributed by atoms with van der Waals surface area (Å²) in [6, 6.07) is -0.158. The van der Waals surface area contributed by atoms with Crippen LogP contribution in [-0.4, -0.2) is 53.8 Å². The van der Waals surface area contributed by atoms with E-state index in [2.05, 4.69) is 17.4 Å². The van der Waals surface area contributed by atoms with Crippen molar-refractivity contribution in [1.29, 1.82) is 0 Å². The normalized spacial score (nSPS) is 31.9. The number of nitrogens with two attached hydrogens (primary N) is 1. The van der Waals surface area contributed by atoms with E-state index in [0.717, 1.165) is 12.8 Å². The zero-order valence-corrected chi connectivity index (χ0v) is 12.0. The Labute approximate surface area is 119 Å². The number of rotatable bonds is 2. The highest BCUT2D eigenvalue weighted by molar-refractivity contribution is 5.93.